The maximum Gasteiger partial charge on any atom is 0.325 e. The highest BCUT2D eigenvalue weighted by Crippen LogP contribution is 2.33. The predicted octanol–water partition coefficient (Wildman–Crippen LogP) is 3.33. The van der Waals surface area contributed by atoms with Crippen LogP contribution in [0.5, 0.6) is 0 Å². The Morgan fingerprint density at radius 2 is 1.93 bits per heavy atom. The monoisotopic (exact) mass is 381 g/mol. The summed E-state index contributed by atoms with van der Waals surface area (Å²) in [5.41, 5.74) is 0.295. The zero-order chi connectivity index (χ0) is 19.7. The fraction of sp³-hybridized carbons (Fsp3) is 0.333. The lowest BCUT2D eigenvalue weighted by Crippen LogP contribution is -2.48. The Hall–Kier alpha value is -3.09. The second kappa shape index (κ2) is 7.14. The van der Waals surface area contributed by atoms with Crippen molar-refractivity contribution >= 4 is 17.7 Å². The average Bonchev–Trinajstić information content (AvgIpc) is 2.93. The standard InChI is InChI=1S/C21H20FN3O3/c22-17-11-14(15-5-4-10-23-12-15)6-7-16(17)18(26)13-25-19(27)21(24-20(25)28)8-2-1-3-9-21/h4-7,10-12H,1-3,8-9,13H2,(H,24,28). The lowest BCUT2D eigenvalue weighted by molar-refractivity contribution is -0.132. The van der Waals surface area contributed by atoms with Crippen LogP contribution in [0.15, 0.2) is 42.7 Å². The number of hydrogen-bond donors (Lipinski definition) is 1. The number of imide groups is 1. The van der Waals surface area contributed by atoms with Crippen molar-refractivity contribution in [2.75, 3.05) is 6.54 Å². The first-order valence-electron chi connectivity index (χ1n) is 9.37. The Labute approximate surface area is 161 Å². The summed E-state index contributed by atoms with van der Waals surface area (Å²) in [5, 5.41) is 2.76. The molecule has 2 aromatic rings. The van der Waals surface area contributed by atoms with E-state index in [1.165, 1.54) is 12.1 Å². The number of benzene rings is 1. The number of halogens is 1. The molecular weight excluding hydrogens is 361 g/mol. The van der Waals surface area contributed by atoms with E-state index in [-0.39, 0.29) is 11.5 Å². The lowest BCUT2D eigenvalue weighted by Gasteiger charge is -2.30. The van der Waals surface area contributed by atoms with Gasteiger partial charge in [-0.2, -0.15) is 0 Å². The van der Waals surface area contributed by atoms with Gasteiger partial charge in [0, 0.05) is 18.0 Å². The summed E-state index contributed by atoms with van der Waals surface area (Å²) in [7, 11) is 0. The number of carbonyl (C=O) groups is 3. The highest BCUT2D eigenvalue weighted by atomic mass is 19.1. The third kappa shape index (κ3) is 3.17. The quantitative estimate of drug-likeness (QED) is 0.651. The van der Waals surface area contributed by atoms with Crippen LogP contribution in [0.2, 0.25) is 0 Å². The van der Waals surface area contributed by atoms with Crippen LogP contribution >= 0.6 is 0 Å². The third-order valence-corrected chi connectivity index (χ3v) is 5.52. The van der Waals surface area contributed by atoms with E-state index in [0.717, 1.165) is 29.7 Å². The van der Waals surface area contributed by atoms with E-state index < -0.39 is 29.7 Å². The van der Waals surface area contributed by atoms with Crippen LogP contribution in [0.3, 0.4) is 0 Å². The molecule has 1 aromatic carbocycles. The SMILES string of the molecule is O=C(CN1C(=O)NC2(CCCCC2)C1=O)c1ccc(-c2cccnc2)cc1F. The molecule has 1 saturated carbocycles. The van der Waals surface area contributed by atoms with Gasteiger partial charge in [-0.25, -0.2) is 9.18 Å². The van der Waals surface area contributed by atoms with Gasteiger partial charge in [0.2, 0.25) is 0 Å². The van der Waals surface area contributed by atoms with Crippen molar-refractivity contribution in [3.63, 3.8) is 0 Å². The molecule has 0 bridgehead atoms. The molecule has 2 heterocycles. The van der Waals surface area contributed by atoms with Crippen molar-refractivity contribution < 1.29 is 18.8 Å². The molecule has 0 atom stereocenters. The minimum absolute atomic E-state index is 0.141. The summed E-state index contributed by atoms with van der Waals surface area (Å²) in [6, 6.07) is 7.23. The van der Waals surface area contributed by atoms with Crippen molar-refractivity contribution in [1.29, 1.82) is 0 Å². The Kier molecular flexibility index (Phi) is 4.66. The molecular formula is C21H20FN3O3. The summed E-state index contributed by atoms with van der Waals surface area (Å²) in [6.07, 6.45) is 7.13. The van der Waals surface area contributed by atoms with Crippen molar-refractivity contribution in [2.24, 2.45) is 0 Å². The van der Waals surface area contributed by atoms with Gasteiger partial charge < -0.3 is 5.32 Å². The number of hydrogen-bond acceptors (Lipinski definition) is 4. The third-order valence-electron chi connectivity index (χ3n) is 5.52. The molecule has 1 aromatic heterocycles. The molecule has 2 aliphatic rings. The Morgan fingerprint density at radius 1 is 1.14 bits per heavy atom. The van der Waals surface area contributed by atoms with E-state index in [9.17, 15) is 18.8 Å². The van der Waals surface area contributed by atoms with Gasteiger partial charge >= 0.3 is 6.03 Å². The maximum absolute atomic E-state index is 14.6. The largest absolute Gasteiger partial charge is 0.325 e. The number of carbonyl (C=O) groups excluding carboxylic acids is 3. The van der Waals surface area contributed by atoms with Gasteiger partial charge in [0.1, 0.15) is 11.4 Å². The van der Waals surface area contributed by atoms with E-state index in [1.54, 1.807) is 30.6 Å². The van der Waals surface area contributed by atoms with Crippen LogP contribution in [-0.2, 0) is 4.79 Å². The average molecular weight is 381 g/mol. The van der Waals surface area contributed by atoms with E-state index in [0.29, 0.717) is 18.4 Å². The summed E-state index contributed by atoms with van der Waals surface area (Å²) < 4.78 is 14.6. The number of ketones is 1. The van der Waals surface area contributed by atoms with Crippen molar-refractivity contribution in [2.45, 2.75) is 37.6 Å². The van der Waals surface area contributed by atoms with Crippen LogP contribution in [0.1, 0.15) is 42.5 Å². The number of aromatic nitrogens is 1. The zero-order valence-electron chi connectivity index (χ0n) is 15.3. The second-order valence-corrected chi connectivity index (χ2v) is 7.32. The highest BCUT2D eigenvalue weighted by molar-refractivity contribution is 6.11. The summed E-state index contributed by atoms with van der Waals surface area (Å²) >= 11 is 0. The highest BCUT2D eigenvalue weighted by Gasteiger charge is 2.51. The normalized spacial score (nSPS) is 18.4. The molecule has 0 unspecified atom stereocenters. The predicted molar refractivity (Wildman–Crippen MR) is 100 cm³/mol. The van der Waals surface area contributed by atoms with Crippen LogP contribution in [0.4, 0.5) is 9.18 Å². The fourth-order valence-electron chi connectivity index (χ4n) is 4.00. The number of Topliss-reactive ketones (excluding diaryl/α,β-unsaturated/α-hetero) is 1. The maximum atomic E-state index is 14.6. The lowest BCUT2D eigenvalue weighted by atomic mass is 9.82. The summed E-state index contributed by atoms with van der Waals surface area (Å²) in [6.45, 7) is -0.463. The molecule has 144 valence electrons. The summed E-state index contributed by atoms with van der Waals surface area (Å²) in [4.78, 5) is 42.6. The van der Waals surface area contributed by atoms with Gasteiger partial charge in [-0.3, -0.25) is 19.5 Å². The first-order valence-corrected chi connectivity index (χ1v) is 9.37. The molecule has 1 saturated heterocycles. The Morgan fingerprint density at radius 3 is 2.61 bits per heavy atom. The molecule has 6 nitrogen and oxygen atoms in total. The molecule has 1 N–H and O–H groups in total. The van der Waals surface area contributed by atoms with Crippen LogP contribution in [-0.4, -0.2) is 39.7 Å². The molecule has 3 amide bonds. The van der Waals surface area contributed by atoms with Crippen molar-refractivity contribution in [3.05, 3.63) is 54.1 Å². The van der Waals surface area contributed by atoms with E-state index in [4.69, 9.17) is 0 Å². The van der Waals surface area contributed by atoms with Gasteiger partial charge in [0.05, 0.1) is 12.1 Å². The molecule has 1 aliphatic heterocycles. The molecule has 4 rings (SSSR count). The van der Waals surface area contributed by atoms with Gasteiger partial charge in [-0.1, -0.05) is 31.4 Å². The first kappa shape index (κ1) is 18.3. The first-order chi connectivity index (χ1) is 13.5. The molecule has 7 heteroatoms. The Balaban J connectivity index is 1.52. The fourth-order valence-corrected chi connectivity index (χ4v) is 4.00. The van der Waals surface area contributed by atoms with Gasteiger partial charge in [0.15, 0.2) is 5.78 Å². The van der Waals surface area contributed by atoms with E-state index in [1.807, 2.05) is 0 Å². The number of amides is 3. The number of nitrogens with zero attached hydrogens (tertiary/aromatic N) is 2. The minimum atomic E-state index is -0.891. The van der Waals surface area contributed by atoms with E-state index >= 15 is 0 Å². The minimum Gasteiger partial charge on any atom is -0.323 e. The molecule has 1 aliphatic carbocycles. The number of pyridine rings is 1. The number of rotatable bonds is 4. The van der Waals surface area contributed by atoms with Crippen LogP contribution in [0, 0.1) is 5.82 Å². The molecule has 2 fully saturated rings. The summed E-state index contributed by atoms with van der Waals surface area (Å²) in [5.74, 6) is -1.67. The van der Waals surface area contributed by atoms with Crippen LogP contribution in [0.25, 0.3) is 11.1 Å². The molecule has 0 radical (unpaired) electrons. The molecule has 28 heavy (non-hydrogen) atoms. The van der Waals surface area contributed by atoms with Crippen molar-refractivity contribution in [1.82, 2.24) is 15.2 Å². The molecule has 1 spiro atoms. The van der Waals surface area contributed by atoms with E-state index in [2.05, 4.69) is 10.3 Å². The number of nitrogens with one attached hydrogen (secondary N) is 1. The van der Waals surface area contributed by atoms with Crippen molar-refractivity contribution in [3.8, 4) is 11.1 Å². The zero-order valence-corrected chi connectivity index (χ0v) is 15.3. The van der Waals surface area contributed by atoms with Gasteiger partial charge in [0.25, 0.3) is 5.91 Å². The Bertz CT molecular complexity index is 939. The number of urea groups is 1. The van der Waals surface area contributed by atoms with Crippen LogP contribution < -0.4 is 5.32 Å². The second-order valence-electron chi connectivity index (χ2n) is 7.32. The van der Waals surface area contributed by atoms with Gasteiger partial charge in [-0.05, 0) is 36.6 Å². The van der Waals surface area contributed by atoms with Gasteiger partial charge in [-0.15, -0.1) is 0 Å². The smallest absolute Gasteiger partial charge is 0.323 e. The topological polar surface area (TPSA) is 79.4 Å².